The van der Waals surface area contributed by atoms with Crippen molar-refractivity contribution in [3.8, 4) is 0 Å². The number of fused-ring (bicyclic) bond motifs is 1. The zero-order valence-electron chi connectivity index (χ0n) is 16.2. The Bertz CT molecular complexity index is 1150. The molecule has 1 aliphatic rings. The van der Waals surface area contributed by atoms with Gasteiger partial charge in [0.2, 0.25) is 10.0 Å². The summed E-state index contributed by atoms with van der Waals surface area (Å²) in [5, 5.41) is 0.925. The van der Waals surface area contributed by atoms with Crippen LogP contribution in [0.25, 0.3) is 10.9 Å². The molecule has 8 heteroatoms. The molecule has 0 atom stereocenters. The molecule has 1 saturated heterocycles. The first-order valence-electron chi connectivity index (χ1n) is 9.19. The highest BCUT2D eigenvalue weighted by Crippen LogP contribution is 2.29. The summed E-state index contributed by atoms with van der Waals surface area (Å²) in [5.41, 5.74) is 1.68. The molecule has 0 bridgehead atoms. The molecule has 4 rings (SSSR count). The van der Waals surface area contributed by atoms with Crippen molar-refractivity contribution in [1.82, 2.24) is 13.8 Å². The number of nitrogens with zero attached hydrogens (tertiary/aromatic N) is 3. The van der Waals surface area contributed by atoms with E-state index in [0.29, 0.717) is 36.6 Å². The highest BCUT2D eigenvalue weighted by atomic mass is 32.2. The van der Waals surface area contributed by atoms with Gasteiger partial charge in [0, 0.05) is 60.1 Å². The van der Waals surface area contributed by atoms with E-state index in [9.17, 15) is 13.2 Å². The summed E-state index contributed by atoms with van der Waals surface area (Å²) in [6.07, 6.45) is 1.85. The van der Waals surface area contributed by atoms with Crippen LogP contribution in [-0.2, 0) is 17.1 Å². The van der Waals surface area contributed by atoms with Crippen LogP contribution in [0.5, 0.6) is 0 Å². The lowest BCUT2D eigenvalue weighted by Gasteiger charge is -2.34. The monoisotopic (exact) mass is 417 g/mol. The molecule has 0 spiro atoms. The van der Waals surface area contributed by atoms with Crippen LogP contribution >= 0.6 is 11.3 Å². The quantitative estimate of drug-likeness (QED) is 0.658. The number of hydrogen-bond donors (Lipinski definition) is 0. The summed E-state index contributed by atoms with van der Waals surface area (Å²) < 4.78 is 29.4. The van der Waals surface area contributed by atoms with Gasteiger partial charge in [-0.2, -0.15) is 4.31 Å². The first-order valence-corrected chi connectivity index (χ1v) is 11.4. The smallest absolute Gasteiger partial charge is 0.256 e. The minimum absolute atomic E-state index is 0.0450. The fourth-order valence-electron chi connectivity index (χ4n) is 3.82. The number of aromatic nitrogens is 1. The van der Waals surface area contributed by atoms with Gasteiger partial charge in [0.15, 0.2) is 0 Å². The number of hydrogen-bond acceptors (Lipinski definition) is 4. The zero-order chi connectivity index (χ0) is 20.1. The van der Waals surface area contributed by atoms with E-state index in [4.69, 9.17) is 0 Å². The Kier molecular flexibility index (Phi) is 4.81. The average molecular weight is 418 g/mol. The van der Waals surface area contributed by atoms with E-state index in [1.54, 1.807) is 11.0 Å². The number of carbonyl (C=O) groups is 1. The number of amides is 1. The topological polar surface area (TPSA) is 62.6 Å². The van der Waals surface area contributed by atoms with Crippen LogP contribution in [0.15, 0.2) is 41.4 Å². The molecule has 1 fully saturated rings. The summed E-state index contributed by atoms with van der Waals surface area (Å²) in [6, 6.07) is 9.55. The second-order valence-electron chi connectivity index (χ2n) is 7.14. The molecule has 0 unspecified atom stereocenters. The van der Waals surface area contributed by atoms with Crippen LogP contribution in [0.3, 0.4) is 0 Å². The SMILES string of the molecule is Cc1cc(S(=O)(=O)N2CCN(C(=O)c3cn(C)c4ccccc34)CC2)c(C)s1. The number of rotatable bonds is 3. The van der Waals surface area contributed by atoms with Gasteiger partial charge in [0.05, 0.1) is 10.5 Å². The Morgan fingerprint density at radius 1 is 1.07 bits per heavy atom. The molecule has 2 aromatic heterocycles. The highest BCUT2D eigenvalue weighted by Gasteiger charge is 2.32. The maximum Gasteiger partial charge on any atom is 0.256 e. The largest absolute Gasteiger partial charge is 0.350 e. The van der Waals surface area contributed by atoms with Crippen molar-refractivity contribution in [2.45, 2.75) is 18.7 Å². The van der Waals surface area contributed by atoms with Crippen LogP contribution in [0.1, 0.15) is 20.1 Å². The number of benzene rings is 1. The number of carbonyl (C=O) groups excluding carboxylic acids is 1. The van der Waals surface area contributed by atoms with E-state index >= 15 is 0 Å². The number of para-hydroxylation sites is 1. The van der Waals surface area contributed by atoms with Crippen LogP contribution in [0.2, 0.25) is 0 Å². The van der Waals surface area contributed by atoms with E-state index in [2.05, 4.69) is 0 Å². The van der Waals surface area contributed by atoms with E-state index in [1.807, 2.05) is 55.9 Å². The number of sulfonamides is 1. The van der Waals surface area contributed by atoms with Gasteiger partial charge in [0.25, 0.3) is 5.91 Å². The van der Waals surface area contributed by atoms with Gasteiger partial charge >= 0.3 is 0 Å². The number of thiophene rings is 1. The highest BCUT2D eigenvalue weighted by molar-refractivity contribution is 7.89. The maximum atomic E-state index is 13.1. The Hall–Kier alpha value is -2.16. The van der Waals surface area contributed by atoms with Crippen LogP contribution in [0, 0.1) is 13.8 Å². The Balaban J connectivity index is 1.52. The molecule has 28 heavy (non-hydrogen) atoms. The van der Waals surface area contributed by atoms with Gasteiger partial charge < -0.3 is 9.47 Å². The molecule has 1 amide bonds. The summed E-state index contributed by atoms with van der Waals surface area (Å²) in [7, 11) is -1.59. The molecule has 0 aliphatic carbocycles. The number of aryl methyl sites for hydroxylation is 3. The first-order chi connectivity index (χ1) is 13.3. The zero-order valence-corrected chi connectivity index (χ0v) is 17.8. The lowest BCUT2D eigenvalue weighted by molar-refractivity contribution is 0.0699. The lowest BCUT2D eigenvalue weighted by Crippen LogP contribution is -2.50. The fourth-order valence-corrected chi connectivity index (χ4v) is 6.76. The van der Waals surface area contributed by atoms with Gasteiger partial charge in [-0.15, -0.1) is 11.3 Å². The third kappa shape index (κ3) is 3.15. The minimum Gasteiger partial charge on any atom is -0.350 e. The third-order valence-corrected chi connectivity index (χ3v) is 8.39. The molecule has 0 radical (unpaired) electrons. The van der Waals surface area contributed by atoms with Gasteiger partial charge in [0.1, 0.15) is 0 Å². The third-order valence-electron chi connectivity index (χ3n) is 5.27. The summed E-state index contributed by atoms with van der Waals surface area (Å²) in [6.45, 7) is 5.16. The molecule has 0 saturated carbocycles. The van der Waals surface area contributed by atoms with Crippen LogP contribution < -0.4 is 0 Å². The molecule has 3 aromatic rings. The van der Waals surface area contributed by atoms with E-state index in [0.717, 1.165) is 20.7 Å². The second kappa shape index (κ2) is 7.02. The van der Waals surface area contributed by atoms with Gasteiger partial charge in [-0.1, -0.05) is 18.2 Å². The van der Waals surface area contributed by atoms with Crippen molar-refractivity contribution in [2.75, 3.05) is 26.2 Å². The molecule has 1 aliphatic heterocycles. The van der Waals surface area contributed by atoms with E-state index in [1.165, 1.54) is 15.6 Å². The van der Waals surface area contributed by atoms with Crippen molar-refractivity contribution < 1.29 is 13.2 Å². The standard InChI is InChI=1S/C20H23N3O3S2/c1-14-12-19(15(2)27-14)28(25,26)23-10-8-22(9-11-23)20(24)17-13-21(3)18-7-5-4-6-16(17)18/h4-7,12-13H,8-11H2,1-3H3. The van der Waals surface area contributed by atoms with Crippen LogP contribution in [0.4, 0.5) is 0 Å². The molecular formula is C20H23N3O3S2. The molecule has 148 valence electrons. The Morgan fingerprint density at radius 2 is 1.75 bits per heavy atom. The van der Waals surface area contributed by atoms with Crippen molar-refractivity contribution in [2.24, 2.45) is 7.05 Å². The van der Waals surface area contributed by atoms with Gasteiger partial charge in [-0.3, -0.25) is 4.79 Å². The van der Waals surface area contributed by atoms with Crippen molar-refractivity contribution in [3.05, 3.63) is 51.8 Å². The van der Waals surface area contributed by atoms with Crippen molar-refractivity contribution in [3.63, 3.8) is 0 Å². The normalized spacial score (nSPS) is 16.0. The summed E-state index contributed by atoms with van der Waals surface area (Å²) in [4.78, 5) is 17.0. The average Bonchev–Trinajstić information content (AvgIpc) is 3.21. The molecule has 0 N–H and O–H groups in total. The summed E-state index contributed by atoms with van der Waals surface area (Å²) >= 11 is 1.49. The minimum atomic E-state index is -3.51. The molecule has 3 heterocycles. The molecule has 6 nitrogen and oxygen atoms in total. The van der Waals surface area contributed by atoms with E-state index < -0.39 is 10.0 Å². The molecular weight excluding hydrogens is 394 g/mol. The Labute approximate surface area is 169 Å². The predicted octanol–water partition coefficient (Wildman–Crippen LogP) is 3.00. The van der Waals surface area contributed by atoms with Crippen LogP contribution in [-0.4, -0.2) is 54.3 Å². The maximum absolute atomic E-state index is 13.1. The summed E-state index contributed by atoms with van der Waals surface area (Å²) in [5.74, 6) is -0.0450. The Morgan fingerprint density at radius 3 is 2.39 bits per heavy atom. The fraction of sp³-hybridized carbons (Fsp3) is 0.350. The molecule has 1 aromatic carbocycles. The first kappa shape index (κ1) is 19.2. The second-order valence-corrected chi connectivity index (χ2v) is 10.5. The lowest BCUT2D eigenvalue weighted by atomic mass is 10.1. The predicted molar refractivity (Wildman–Crippen MR) is 111 cm³/mol. The van der Waals surface area contributed by atoms with Crippen molar-refractivity contribution >= 4 is 38.2 Å². The number of piperazine rings is 1. The van der Waals surface area contributed by atoms with Crippen molar-refractivity contribution in [1.29, 1.82) is 0 Å². The van der Waals surface area contributed by atoms with Gasteiger partial charge in [-0.25, -0.2) is 8.42 Å². The van der Waals surface area contributed by atoms with Gasteiger partial charge in [-0.05, 0) is 26.0 Å². The van der Waals surface area contributed by atoms with E-state index in [-0.39, 0.29) is 5.91 Å².